The summed E-state index contributed by atoms with van der Waals surface area (Å²) in [7, 11) is 3.90. The molecule has 4 aromatic rings. The third-order valence-electron chi connectivity index (χ3n) is 6.61. The van der Waals surface area contributed by atoms with Crippen molar-refractivity contribution in [1.82, 2.24) is 35.2 Å². The van der Waals surface area contributed by atoms with E-state index in [1.807, 2.05) is 38.1 Å². The van der Waals surface area contributed by atoms with E-state index in [0.717, 1.165) is 31.0 Å². The van der Waals surface area contributed by atoms with Crippen molar-refractivity contribution in [3.05, 3.63) is 54.1 Å². The average Bonchev–Trinajstić information content (AvgIpc) is 3.41. The number of carbonyl (C=O) groups excluding carboxylic acids is 2. The van der Waals surface area contributed by atoms with Gasteiger partial charge in [0, 0.05) is 55.2 Å². The molecule has 1 aliphatic rings. The van der Waals surface area contributed by atoms with Gasteiger partial charge in [0.2, 0.25) is 0 Å². The highest BCUT2D eigenvalue weighted by Crippen LogP contribution is 2.27. The summed E-state index contributed by atoms with van der Waals surface area (Å²) in [6, 6.07) is 13.7. The predicted molar refractivity (Wildman–Crippen MR) is 164 cm³/mol. The van der Waals surface area contributed by atoms with Gasteiger partial charge in [-0.05, 0) is 69.6 Å². The molecule has 3 amide bonds. The summed E-state index contributed by atoms with van der Waals surface area (Å²) in [4.78, 5) is 38.6. The van der Waals surface area contributed by atoms with Crippen LogP contribution in [0.2, 0.25) is 0 Å². The maximum absolute atomic E-state index is 12.6. The normalized spacial score (nSPS) is 13.1. The molecule has 1 aliphatic heterocycles. The molecule has 0 unspecified atom stereocenters. The lowest BCUT2D eigenvalue weighted by atomic mass is 10.2. The second kappa shape index (κ2) is 14.0. The quantitative estimate of drug-likeness (QED) is 0.266. The van der Waals surface area contributed by atoms with Crippen LogP contribution in [-0.4, -0.2) is 95.3 Å². The minimum atomic E-state index is -0.397. The van der Waals surface area contributed by atoms with Crippen LogP contribution in [0.5, 0.6) is 0 Å². The van der Waals surface area contributed by atoms with Crippen LogP contribution >= 0.6 is 12.4 Å². The zero-order valence-corrected chi connectivity index (χ0v) is 24.6. The molecule has 0 saturated carbocycles. The van der Waals surface area contributed by atoms with E-state index in [2.05, 4.69) is 31.2 Å². The molecular formula is C28H35ClN10O3. The minimum Gasteiger partial charge on any atom is -0.378 e. The van der Waals surface area contributed by atoms with Gasteiger partial charge < -0.3 is 30.5 Å². The molecule has 2 aromatic carbocycles. The summed E-state index contributed by atoms with van der Waals surface area (Å²) >= 11 is 0. The predicted octanol–water partition coefficient (Wildman–Crippen LogP) is 3.10. The smallest absolute Gasteiger partial charge is 0.323 e. The number of amides is 3. The van der Waals surface area contributed by atoms with E-state index in [9.17, 15) is 9.59 Å². The average molecular weight is 595 g/mol. The summed E-state index contributed by atoms with van der Waals surface area (Å²) in [6.07, 6.45) is 0. The van der Waals surface area contributed by atoms with Crippen LogP contribution in [0, 0.1) is 0 Å². The molecule has 14 heteroatoms. The largest absolute Gasteiger partial charge is 0.378 e. The van der Waals surface area contributed by atoms with Crippen molar-refractivity contribution >= 4 is 52.7 Å². The van der Waals surface area contributed by atoms with Crippen LogP contribution in [0.1, 0.15) is 17.3 Å². The molecule has 0 radical (unpaired) electrons. The van der Waals surface area contributed by atoms with Gasteiger partial charge >= 0.3 is 6.03 Å². The number of nitrogens with one attached hydrogen (secondary N) is 3. The van der Waals surface area contributed by atoms with Gasteiger partial charge in [-0.2, -0.15) is 0 Å². The van der Waals surface area contributed by atoms with Gasteiger partial charge in [0.05, 0.1) is 13.2 Å². The van der Waals surface area contributed by atoms with Crippen molar-refractivity contribution in [1.29, 1.82) is 0 Å². The van der Waals surface area contributed by atoms with Crippen LogP contribution in [0.15, 0.2) is 48.5 Å². The molecule has 1 saturated heterocycles. The zero-order valence-electron chi connectivity index (χ0n) is 23.8. The van der Waals surface area contributed by atoms with Crippen LogP contribution < -0.4 is 20.9 Å². The van der Waals surface area contributed by atoms with Crippen LogP contribution in [0.25, 0.3) is 22.6 Å². The monoisotopic (exact) mass is 594 g/mol. The first kappa shape index (κ1) is 30.6. The highest BCUT2D eigenvalue weighted by molar-refractivity contribution is 6.00. The fraction of sp³-hybridized carbons (Fsp3) is 0.357. The van der Waals surface area contributed by atoms with Crippen LogP contribution in [0.4, 0.5) is 22.0 Å². The maximum atomic E-state index is 12.6. The lowest BCUT2D eigenvalue weighted by molar-refractivity contribution is 0.0951. The Hall–Kier alpha value is -4.33. The van der Waals surface area contributed by atoms with E-state index in [4.69, 9.17) is 14.7 Å². The van der Waals surface area contributed by atoms with Crippen molar-refractivity contribution in [3.63, 3.8) is 0 Å². The molecule has 0 aliphatic carbocycles. The molecule has 0 spiro atoms. The first-order chi connectivity index (χ1) is 19.9. The zero-order chi connectivity index (χ0) is 28.8. The third kappa shape index (κ3) is 7.29. The number of aryl methyl sites for hydroxylation is 1. The highest BCUT2D eigenvalue weighted by Gasteiger charge is 2.21. The van der Waals surface area contributed by atoms with Gasteiger partial charge in [0.25, 0.3) is 5.91 Å². The van der Waals surface area contributed by atoms with Crippen molar-refractivity contribution in [3.8, 4) is 11.4 Å². The number of morpholine rings is 1. The fourth-order valence-corrected chi connectivity index (χ4v) is 4.38. The van der Waals surface area contributed by atoms with E-state index in [0.29, 0.717) is 60.2 Å². The van der Waals surface area contributed by atoms with Crippen LogP contribution in [-0.2, 0) is 11.3 Å². The first-order valence-electron chi connectivity index (χ1n) is 13.6. The number of nitrogens with zero attached hydrogens (tertiary/aromatic N) is 7. The molecule has 2 aromatic heterocycles. The van der Waals surface area contributed by atoms with Crippen molar-refractivity contribution < 1.29 is 14.3 Å². The SMILES string of the molecule is CCn1nnc2c(N3CCOCC3)nc(-c3ccc(NC(=O)Nc4ccc(C(=O)NCCN(C)C)cc4)cc3)nc21.Cl. The lowest BCUT2D eigenvalue weighted by Crippen LogP contribution is -2.37. The Morgan fingerprint density at radius 2 is 1.60 bits per heavy atom. The highest BCUT2D eigenvalue weighted by atomic mass is 35.5. The third-order valence-corrected chi connectivity index (χ3v) is 6.61. The standard InChI is InChI=1S/C28H34N10O3.ClH/c1-4-38-26-23(34-35-38)25(37-15-17-41-18-16-37)32-24(33-26)19-5-9-21(10-6-19)30-28(40)31-22-11-7-20(8-12-22)27(39)29-13-14-36(2)3;/h5-12H,4,13-18H2,1-3H3,(H,29,39)(H2,30,31,40);1H. The van der Waals surface area contributed by atoms with Gasteiger partial charge in [0.1, 0.15) is 0 Å². The Bertz CT molecular complexity index is 1500. The Labute approximate surface area is 250 Å². The summed E-state index contributed by atoms with van der Waals surface area (Å²) in [5, 5.41) is 17.1. The van der Waals surface area contributed by atoms with E-state index in [1.165, 1.54) is 0 Å². The summed E-state index contributed by atoms with van der Waals surface area (Å²) in [5.41, 5.74) is 3.86. The van der Waals surface area contributed by atoms with Crippen LogP contribution in [0.3, 0.4) is 0 Å². The fourth-order valence-electron chi connectivity index (χ4n) is 4.38. The topological polar surface area (TPSA) is 142 Å². The molecule has 13 nitrogen and oxygen atoms in total. The first-order valence-corrected chi connectivity index (χ1v) is 13.6. The van der Waals surface area contributed by atoms with Gasteiger partial charge in [-0.25, -0.2) is 19.4 Å². The second-order valence-electron chi connectivity index (χ2n) is 9.84. The number of benzene rings is 2. The number of hydrogen-bond acceptors (Lipinski definition) is 9. The number of halogens is 1. The Morgan fingerprint density at radius 3 is 2.21 bits per heavy atom. The molecular weight excluding hydrogens is 560 g/mol. The Morgan fingerprint density at radius 1 is 0.952 bits per heavy atom. The molecule has 3 heterocycles. The van der Waals surface area contributed by atoms with Crippen molar-refractivity contribution in [2.45, 2.75) is 13.5 Å². The number of ether oxygens (including phenoxy) is 1. The minimum absolute atomic E-state index is 0. The summed E-state index contributed by atoms with van der Waals surface area (Å²) < 4.78 is 7.27. The molecule has 42 heavy (non-hydrogen) atoms. The Kier molecular flexibility index (Phi) is 10.2. The molecule has 0 atom stereocenters. The molecule has 0 bridgehead atoms. The van der Waals surface area contributed by atoms with Crippen molar-refractivity contribution in [2.75, 3.05) is 69.0 Å². The number of fused-ring (bicyclic) bond motifs is 1. The van der Waals surface area contributed by atoms with E-state index < -0.39 is 6.03 Å². The van der Waals surface area contributed by atoms with Gasteiger partial charge in [0.15, 0.2) is 22.8 Å². The van der Waals surface area contributed by atoms with Gasteiger partial charge in [-0.1, -0.05) is 5.21 Å². The second-order valence-corrected chi connectivity index (χ2v) is 9.84. The summed E-state index contributed by atoms with van der Waals surface area (Å²) in [6.45, 7) is 6.64. The number of rotatable bonds is 9. The lowest BCUT2D eigenvalue weighted by Gasteiger charge is -2.27. The number of carbonyl (C=O) groups is 2. The van der Waals surface area contributed by atoms with E-state index in [1.54, 1.807) is 41.1 Å². The number of anilines is 3. The van der Waals surface area contributed by atoms with E-state index >= 15 is 0 Å². The van der Waals surface area contributed by atoms with Gasteiger partial charge in [-0.3, -0.25) is 4.79 Å². The molecule has 3 N–H and O–H groups in total. The Balaban J connectivity index is 0.00000405. The summed E-state index contributed by atoms with van der Waals surface area (Å²) in [5.74, 6) is 1.14. The molecule has 1 fully saturated rings. The molecule has 5 rings (SSSR count). The number of hydrogen-bond donors (Lipinski definition) is 3. The van der Waals surface area contributed by atoms with Crippen molar-refractivity contribution in [2.24, 2.45) is 0 Å². The number of likely N-dealkylation sites (N-methyl/N-ethyl adjacent to an activating group) is 1. The van der Waals surface area contributed by atoms with Gasteiger partial charge in [-0.15, -0.1) is 17.5 Å². The molecule has 222 valence electrons. The van der Waals surface area contributed by atoms with E-state index in [-0.39, 0.29) is 18.3 Å². The maximum Gasteiger partial charge on any atom is 0.323 e. The number of urea groups is 1. The number of aromatic nitrogens is 5.